The van der Waals surface area contributed by atoms with E-state index in [1.54, 1.807) is 42.5 Å². The van der Waals surface area contributed by atoms with Gasteiger partial charge in [-0.3, -0.25) is 0 Å². The first-order valence-corrected chi connectivity index (χ1v) is 6.48. The molecular weight excluding hydrogens is 278 g/mol. The number of carbonyl (C=O) groups is 1. The van der Waals surface area contributed by atoms with Gasteiger partial charge in [-0.1, -0.05) is 17.7 Å². The lowest BCUT2D eigenvalue weighted by atomic mass is 10.2. The van der Waals surface area contributed by atoms with Crippen molar-refractivity contribution in [1.29, 1.82) is 0 Å². The first-order valence-electron chi connectivity index (χ1n) is 6.11. The molecule has 0 unspecified atom stereocenters. The maximum absolute atomic E-state index is 10.8. The summed E-state index contributed by atoms with van der Waals surface area (Å²) in [4.78, 5) is 10.8. The van der Waals surface area contributed by atoms with Crippen LogP contribution in [-0.4, -0.2) is 24.2 Å². The number of anilines is 1. The summed E-state index contributed by atoms with van der Waals surface area (Å²) in [5.74, 6) is -0.193. The van der Waals surface area contributed by atoms with Crippen molar-refractivity contribution in [2.45, 2.75) is 0 Å². The molecule has 0 spiro atoms. The number of carboxylic acid groups (broad SMARTS) is 1. The maximum Gasteiger partial charge on any atom is 0.335 e. The Balaban J connectivity index is 1.79. The van der Waals surface area contributed by atoms with Crippen molar-refractivity contribution >= 4 is 23.3 Å². The van der Waals surface area contributed by atoms with Gasteiger partial charge in [-0.25, -0.2) is 4.79 Å². The summed E-state index contributed by atoms with van der Waals surface area (Å²) in [7, 11) is 0. The number of ether oxygens (including phenoxy) is 1. The SMILES string of the molecule is O=C(O)c1cccc(NCCOc2ccc(Cl)cc2)c1. The number of aromatic carboxylic acids is 1. The minimum atomic E-state index is -0.939. The zero-order valence-corrected chi connectivity index (χ0v) is 11.4. The van der Waals surface area contributed by atoms with Crippen LogP contribution in [0.15, 0.2) is 48.5 Å². The van der Waals surface area contributed by atoms with Crippen LogP contribution in [0.5, 0.6) is 5.75 Å². The number of hydrogen-bond acceptors (Lipinski definition) is 3. The quantitative estimate of drug-likeness (QED) is 0.799. The molecule has 104 valence electrons. The van der Waals surface area contributed by atoms with Crippen LogP contribution < -0.4 is 10.1 Å². The topological polar surface area (TPSA) is 58.6 Å². The fourth-order valence-corrected chi connectivity index (χ4v) is 1.78. The van der Waals surface area contributed by atoms with Crippen molar-refractivity contribution in [1.82, 2.24) is 0 Å². The number of benzene rings is 2. The molecule has 0 bridgehead atoms. The molecule has 0 aromatic heterocycles. The van der Waals surface area contributed by atoms with Crippen molar-refractivity contribution in [3.05, 3.63) is 59.1 Å². The van der Waals surface area contributed by atoms with Crippen LogP contribution >= 0.6 is 11.6 Å². The van der Waals surface area contributed by atoms with E-state index in [1.807, 2.05) is 6.07 Å². The van der Waals surface area contributed by atoms with E-state index in [9.17, 15) is 4.79 Å². The van der Waals surface area contributed by atoms with E-state index in [4.69, 9.17) is 21.4 Å². The Morgan fingerprint density at radius 2 is 1.95 bits per heavy atom. The van der Waals surface area contributed by atoms with Gasteiger partial charge in [0.2, 0.25) is 0 Å². The average molecular weight is 292 g/mol. The molecule has 4 nitrogen and oxygen atoms in total. The van der Waals surface area contributed by atoms with E-state index in [-0.39, 0.29) is 5.56 Å². The third-order valence-electron chi connectivity index (χ3n) is 2.62. The Labute approximate surface area is 122 Å². The van der Waals surface area contributed by atoms with E-state index in [0.29, 0.717) is 18.2 Å². The van der Waals surface area contributed by atoms with Gasteiger partial charge in [-0.15, -0.1) is 0 Å². The lowest BCUT2D eigenvalue weighted by molar-refractivity contribution is 0.0697. The lowest BCUT2D eigenvalue weighted by Gasteiger charge is -2.09. The van der Waals surface area contributed by atoms with Crippen molar-refractivity contribution in [3.8, 4) is 5.75 Å². The van der Waals surface area contributed by atoms with Gasteiger partial charge < -0.3 is 15.2 Å². The number of rotatable bonds is 6. The summed E-state index contributed by atoms with van der Waals surface area (Å²) >= 11 is 5.78. The normalized spacial score (nSPS) is 10.1. The molecule has 2 aromatic carbocycles. The standard InChI is InChI=1S/C15H14ClNO3/c16-12-4-6-14(7-5-12)20-9-8-17-13-3-1-2-11(10-13)15(18)19/h1-7,10,17H,8-9H2,(H,18,19). The number of halogens is 1. The minimum Gasteiger partial charge on any atom is -0.492 e. The molecule has 0 amide bonds. The smallest absolute Gasteiger partial charge is 0.335 e. The van der Waals surface area contributed by atoms with Crippen LogP contribution in [-0.2, 0) is 0 Å². The van der Waals surface area contributed by atoms with Gasteiger partial charge in [0.15, 0.2) is 0 Å². The highest BCUT2D eigenvalue weighted by Gasteiger charge is 2.02. The van der Waals surface area contributed by atoms with E-state index < -0.39 is 5.97 Å². The van der Waals surface area contributed by atoms with Gasteiger partial charge in [-0.05, 0) is 42.5 Å². The second-order valence-corrected chi connectivity index (χ2v) is 4.55. The summed E-state index contributed by atoms with van der Waals surface area (Å²) in [6.07, 6.45) is 0. The Bertz CT molecular complexity index is 584. The summed E-state index contributed by atoms with van der Waals surface area (Å²) < 4.78 is 5.52. The summed E-state index contributed by atoms with van der Waals surface area (Å²) in [5, 5.41) is 12.7. The molecule has 5 heteroatoms. The molecular formula is C15H14ClNO3. The highest BCUT2D eigenvalue weighted by Crippen LogP contribution is 2.15. The Hall–Kier alpha value is -2.20. The van der Waals surface area contributed by atoms with Crippen LogP contribution in [0.3, 0.4) is 0 Å². The third-order valence-corrected chi connectivity index (χ3v) is 2.88. The van der Waals surface area contributed by atoms with Crippen LogP contribution in [0, 0.1) is 0 Å². The summed E-state index contributed by atoms with van der Waals surface area (Å²) in [6, 6.07) is 13.8. The molecule has 2 aromatic rings. The highest BCUT2D eigenvalue weighted by atomic mass is 35.5. The third kappa shape index (κ3) is 4.17. The molecule has 0 saturated carbocycles. The molecule has 0 atom stereocenters. The second kappa shape index (κ2) is 6.82. The molecule has 0 aliphatic heterocycles. The largest absolute Gasteiger partial charge is 0.492 e. The molecule has 0 fully saturated rings. The number of hydrogen-bond donors (Lipinski definition) is 2. The van der Waals surface area contributed by atoms with E-state index in [1.165, 1.54) is 0 Å². The zero-order valence-electron chi connectivity index (χ0n) is 10.7. The molecule has 0 radical (unpaired) electrons. The maximum atomic E-state index is 10.8. The molecule has 0 heterocycles. The van der Waals surface area contributed by atoms with Gasteiger partial charge in [0, 0.05) is 17.3 Å². The van der Waals surface area contributed by atoms with Crippen molar-refractivity contribution in [2.24, 2.45) is 0 Å². The molecule has 2 rings (SSSR count). The van der Waals surface area contributed by atoms with Crippen LogP contribution in [0.2, 0.25) is 5.02 Å². The molecule has 0 saturated heterocycles. The fraction of sp³-hybridized carbons (Fsp3) is 0.133. The highest BCUT2D eigenvalue weighted by molar-refractivity contribution is 6.30. The van der Waals surface area contributed by atoms with Gasteiger partial charge in [-0.2, -0.15) is 0 Å². The van der Waals surface area contributed by atoms with Crippen LogP contribution in [0.1, 0.15) is 10.4 Å². The zero-order chi connectivity index (χ0) is 14.4. The van der Waals surface area contributed by atoms with Gasteiger partial charge in [0.25, 0.3) is 0 Å². The van der Waals surface area contributed by atoms with Gasteiger partial charge in [0.05, 0.1) is 5.56 Å². The second-order valence-electron chi connectivity index (χ2n) is 4.12. The molecule has 2 N–H and O–H groups in total. The lowest BCUT2D eigenvalue weighted by Crippen LogP contribution is -2.11. The fourth-order valence-electron chi connectivity index (χ4n) is 1.66. The van der Waals surface area contributed by atoms with Crippen molar-refractivity contribution in [2.75, 3.05) is 18.5 Å². The van der Waals surface area contributed by atoms with Crippen molar-refractivity contribution in [3.63, 3.8) is 0 Å². The summed E-state index contributed by atoms with van der Waals surface area (Å²) in [5.41, 5.74) is 1.01. The van der Waals surface area contributed by atoms with Crippen LogP contribution in [0.25, 0.3) is 0 Å². The Morgan fingerprint density at radius 1 is 1.20 bits per heavy atom. The Morgan fingerprint density at radius 3 is 2.65 bits per heavy atom. The van der Waals surface area contributed by atoms with Gasteiger partial charge in [0.1, 0.15) is 12.4 Å². The van der Waals surface area contributed by atoms with Crippen LogP contribution in [0.4, 0.5) is 5.69 Å². The molecule has 0 aliphatic rings. The van der Waals surface area contributed by atoms with E-state index >= 15 is 0 Å². The average Bonchev–Trinajstić information content (AvgIpc) is 2.46. The minimum absolute atomic E-state index is 0.258. The van der Waals surface area contributed by atoms with Crippen molar-refractivity contribution < 1.29 is 14.6 Å². The number of nitrogens with one attached hydrogen (secondary N) is 1. The Kier molecular flexibility index (Phi) is 4.85. The first-order chi connectivity index (χ1) is 9.65. The molecule has 0 aliphatic carbocycles. The number of carboxylic acids is 1. The molecule has 20 heavy (non-hydrogen) atoms. The van der Waals surface area contributed by atoms with Gasteiger partial charge >= 0.3 is 5.97 Å². The van der Waals surface area contributed by atoms with E-state index in [0.717, 1.165) is 11.4 Å². The summed E-state index contributed by atoms with van der Waals surface area (Å²) in [6.45, 7) is 1.05. The predicted octanol–water partition coefficient (Wildman–Crippen LogP) is 3.53. The monoisotopic (exact) mass is 291 g/mol. The van der Waals surface area contributed by atoms with E-state index in [2.05, 4.69) is 5.32 Å². The first kappa shape index (κ1) is 14.2. The predicted molar refractivity (Wildman–Crippen MR) is 78.8 cm³/mol.